The molecule has 2 saturated heterocycles. The second kappa shape index (κ2) is 4.38. The highest BCUT2D eigenvalue weighted by Gasteiger charge is 2.41. The molecule has 2 unspecified atom stereocenters. The van der Waals surface area contributed by atoms with Crippen LogP contribution in [0.15, 0.2) is 24.5 Å². The summed E-state index contributed by atoms with van der Waals surface area (Å²) in [7, 11) is 0. The van der Waals surface area contributed by atoms with Gasteiger partial charge < -0.3 is 10.0 Å². The fraction of sp³-hybridized carbons (Fsp3) is 0.467. The summed E-state index contributed by atoms with van der Waals surface area (Å²) >= 11 is 0. The number of aliphatic hydroxyl groups excluding tert-OH is 1. The fourth-order valence-electron chi connectivity index (χ4n) is 3.74. The Balaban J connectivity index is 1.85. The van der Waals surface area contributed by atoms with Crippen molar-refractivity contribution in [3.63, 3.8) is 0 Å². The fourth-order valence-corrected chi connectivity index (χ4v) is 3.74. The summed E-state index contributed by atoms with van der Waals surface area (Å²) in [4.78, 5) is 10.7. The Morgan fingerprint density at radius 1 is 1.15 bits per heavy atom. The maximum Gasteiger partial charge on any atom is 0.149 e. The first-order valence-corrected chi connectivity index (χ1v) is 7.09. The van der Waals surface area contributed by atoms with E-state index in [0.717, 1.165) is 36.9 Å². The zero-order valence-corrected chi connectivity index (χ0v) is 11.0. The van der Waals surface area contributed by atoms with Gasteiger partial charge >= 0.3 is 0 Å². The molecule has 0 aliphatic carbocycles. The molecule has 2 atom stereocenters. The molecule has 1 N–H and O–H groups in total. The summed E-state index contributed by atoms with van der Waals surface area (Å²) in [6, 6.07) is 5.62. The number of benzene rings is 1. The largest absolute Gasteiger partial charge is 0.393 e. The summed E-state index contributed by atoms with van der Waals surface area (Å²) in [5.74, 6) is 0.504. The van der Waals surface area contributed by atoms with Crippen molar-refractivity contribution in [1.29, 1.82) is 0 Å². The zero-order chi connectivity index (χ0) is 13.7. The van der Waals surface area contributed by atoms with Gasteiger partial charge in [-0.15, -0.1) is 0 Å². The van der Waals surface area contributed by atoms with Crippen LogP contribution in [-0.2, 0) is 0 Å². The van der Waals surface area contributed by atoms with E-state index in [0.29, 0.717) is 17.6 Å². The Bertz CT molecular complexity index is 649. The van der Waals surface area contributed by atoms with E-state index in [1.807, 2.05) is 6.07 Å². The number of fused-ring (bicyclic) bond motifs is 3. The van der Waals surface area contributed by atoms with Crippen molar-refractivity contribution in [3.05, 3.63) is 30.3 Å². The molecule has 104 valence electrons. The summed E-state index contributed by atoms with van der Waals surface area (Å²) < 4.78 is 13.9. The number of para-hydroxylation sites is 1. The van der Waals surface area contributed by atoms with Crippen LogP contribution in [0.3, 0.4) is 0 Å². The van der Waals surface area contributed by atoms with Crippen LogP contribution >= 0.6 is 0 Å². The van der Waals surface area contributed by atoms with Crippen LogP contribution in [-0.4, -0.2) is 33.3 Å². The van der Waals surface area contributed by atoms with Crippen LogP contribution in [0, 0.1) is 5.82 Å². The van der Waals surface area contributed by atoms with Gasteiger partial charge in [-0.1, -0.05) is 6.07 Å². The zero-order valence-electron chi connectivity index (χ0n) is 11.0. The van der Waals surface area contributed by atoms with Crippen LogP contribution in [0.1, 0.15) is 25.7 Å². The smallest absolute Gasteiger partial charge is 0.149 e. The molecule has 4 rings (SSSR count). The number of hydrogen-bond donors (Lipinski definition) is 1. The van der Waals surface area contributed by atoms with E-state index >= 15 is 0 Å². The number of aliphatic hydroxyl groups is 1. The molecule has 3 heterocycles. The quantitative estimate of drug-likeness (QED) is 0.866. The first-order valence-electron chi connectivity index (χ1n) is 7.09. The third-order valence-electron chi connectivity index (χ3n) is 4.55. The summed E-state index contributed by atoms with van der Waals surface area (Å²) in [6.45, 7) is 0. The van der Waals surface area contributed by atoms with Crippen LogP contribution < -0.4 is 4.90 Å². The van der Waals surface area contributed by atoms with Crippen molar-refractivity contribution in [3.8, 4) is 0 Å². The summed E-state index contributed by atoms with van der Waals surface area (Å²) in [5, 5.41) is 10.7. The lowest BCUT2D eigenvalue weighted by molar-refractivity contribution is 0.126. The van der Waals surface area contributed by atoms with Crippen molar-refractivity contribution in [2.24, 2.45) is 0 Å². The minimum absolute atomic E-state index is 0.214. The molecule has 2 fully saturated rings. The SMILES string of the molecule is OC1CC2CCC(C1)N2c1ncnc2c(F)cccc12. The molecule has 2 aromatic rings. The molecule has 1 aromatic heterocycles. The third-order valence-corrected chi connectivity index (χ3v) is 4.55. The molecule has 4 nitrogen and oxygen atoms in total. The Kier molecular flexibility index (Phi) is 2.63. The number of rotatable bonds is 1. The van der Waals surface area contributed by atoms with Crippen molar-refractivity contribution in [2.45, 2.75) is 43.9 Å². The predicted octanol–water partition coefficient (Wildman–Crippen LogP) is 2.26. The lowest BCUT2D eigenvalue weighted by atomic mass is 9.99. The van der Waals surface area contributed by atoms with Crippen LogP contribution in [0.2, 0.25) is 0 Å². The lowest BCUT2D eigenvalue weighted by Crippen LogP contribution is -2.45. The lowest BCUT2D eigenvalue weighted by Gasteiger charge is -2.38. The van der Waals surface area contributed by atoms with Gasteiger partial charge in [0.05, 0.1) is 6.10 Å². The van der Waals surface area contributed by atoms with Gasteiger partial charge in [0.1, 0.15) is 23.5 Å². The van der Waals surface area contributed by atoms with Gasteiger partial charge in [-0.3, -0.25) is 0 Å². The number of halogens is 1. The number of anilines is 1. The predicted molar refractivity (Wildman–Crippen MR) is 74.0 cm³/mol. The molecule has 5 heteroatoms. The second-order valence-electron chi connectivity index (χ2n) is 5.75. The van der Waals surface area contributed by atoms with Crippen LogP contribution in [0.5, 0.6) is 0 Å². The molecule has 1 aromatic carbocycles. The topological polar surface area (TPSA) is 49.2 Å². The minimum Gasteiger partial charge on any atom is -0.393 e. The average Bonchev–Trinajstić information content (AvgIpc) is 2.71. The minimum atomic E-state index is -0.310. The van der Waals surface area contributed by atoms with E-state index in [4.69, 9.17) is 0 Å². The number of nitrogens with zero attached hydrogens (tertiary/aromatic N) is 3. The first-order chi connectivity index (χ1) is 9.74. The van der Waals surface area contributed by atoms with E-state index < -0.39 is 0 Å². The van der Waals surface area contributed by atoms with Gasteiger partial charge in [-0.2, -0.15) is 0 Å². The number of aromatic nitrogens is 2. The van der Waals surface area contributed by atoms with Gasteiger partial charge in [0.15, 0.2) is 0 Å². The van der Waals surface area contributed by atoms with Crippen molar-refractivity contribution in [1.82, 2.24) is 9.97 Å². The molecule has 2 aliphatic rings. The van der Waals surface area contributed by atoms with E-state index in [9.17, 15) is 9.50 Å². The highest BCUT2D eigenvalue weighted by Crippen LogP contribution is 2.40. The Morgan fingerprint density at radius 2 is 1.90 bits per heavy atom. The maximum absolute atomic E-state index is 13.9. The van der Waals surface area contributed by atoms with Crippen molar-refractivity contribution in [2.75, 3.05) is 4.90 Å². The third kappa shape index (κ3) is 1.69. The van der Waals surface area contributed by atoms with E-state index in [1.54, 1.807) is 6.07 Å². The van der Waals surface area contributed by atoms with Crippen molar-refractivity contribution >= 4 is 16.7 Å². The highest BCUT2D eigenvalue weighted by molar-refractivity contribution is 5.90. The monoisotopic (exact) mass is 273 g/mol. The summed E-state index contributed by atoms with van der Waals surface area (Å²) in [5.41, 5.74) is 0.378. The Hall–Kier alpha value is -1.75. The molecule has 0 amide bonds. The molecule has 20 heavy (non-hydrogen) atoms. The van der Waals surface area contributed by atoms with Crippen LogP contribution in [0.4, 0.5) is 10.2 Å². The molecule has 0 saturated carbocycles. The van der Waals surface area contributed by atoms with Gasteiger partial charge in [0.2, 0.25) is 0 Å². The Morgan fingerprint density at radius 3 is 2.65 bits per heavy atom. The van der Waals surface area contributed by atoms with Crippen LogP contribution in [0.25, 0.3) is 10.9 Å². The number of piperidine rings is 1. The molecule has 0 radical (unpaired) electrons. The standard InChI is InChI=1S/C15H16FN3O/c16-13-3-1-2-12-14(13)17-8-18-15(12)19-9-4-5-10(19)7-11(20)6-9/h1-3,8-11,20H,4-7H2. The van der Waals surface area contributed by atoms with Crippen molar-refractivity contribution < 1.29 is 9.50 Å². The molecule has 2 bridgehead atoms. The number of hydrogen-bond acceptors (Lipinski definition) is 4. The molecular weight excluding hydrogens is 257 g/mol. The first kappa shape index (κ1) is 12.0. The van der Waals surface area contributed by atoms with Gasteiger partial charge in [0, 0.05) is 17.5 Å². The molecule has 0 spiro atoms. The van der Waals surface area contributed by atoms with E-state index in [-0.39, 0.29) is 11.9 Å². The van der Waals surface area contributed by atoms with Gasteiger partial charge in [-0.25, -0.2) is 14.4 Å². The normalized spacial score (nSPS) is 29.1. The Labute approximate surface area is 116 Å². The van der Waals surface area contributed by atoms with Gasteiger partial charge in [0.25, 0.3) is 0 Å². The van der Waals surface area contributed by atoms with E-state index in [1.165, 1.54) is 12.4 Å². The molecular formula is C15H16FN3O. The van der Waals surface area contributed by atoms with E-state index in [2.05, 4.69) is 14.9 Å². The highest BCUT2D eigenvalue weighted by atomic mass is 19.1. The maximum atomic E-state index is 13.9. The molecule has 2 aliphatic heterocycles. The summed E-state index contributed by atoms with van der Waals surface area (Å²) in [6.07, 6.45) is 4.92. The average molecular weight is 273 g/mol. The van der Waals surface area contributed by atoms with Gasteiger partial charge in [-0.05, 0) is 37.8 Å². The second-order valence-corrected chi connectivity index (χ2v) is 5.75.